The summed E-state index contributed by atoms with van der Waals surface area (Å²) in [6.45, 7) is 7.17. The first-order valence-electron chi connectivity index (χ1n) is 4.12. The van der Waals surface area contributed by atoms with Crippen LogP contribution in [0.3, 0.4) is 0 Å². The van der Waals surface area contributed by atoms with E-state index in [0.717, 1.165) is 5.57 Å². The molecular weight excluding hydrogens is 166 g/mol. The van der Waals surface area contributed by atoms with E-state index in [4.69, 9.17) is 10.00 Å². The summed E-state index contributed by atoms with van der Waals surface area (Å²) in [5.41, 5.74) is 0.265. The normalized spacial score (nSPS) is 12.1. The van der Waals surface area contributed by atoms with E-state index in [-0.39, 0.29) is 12.4 Å². The molecule has 0 radical (unpaired) electrons. The Morgan fingerprint density at radius 1 is 1.54 bits per heavy atom. The quantitative estimate of drug-likeness (QED) is 0.484. The third kappa shape index (κ3) is 7.07. The predicted octanol–water partition coefficient (Wildman–Crippen LogP) is 2.19. The van der Waals surface area contributed by atoms with Crippen LogP contribution in [0.4, 0.5) is 0 Å². The molecule has 0 aliphatic rings. The molecule has 0 unspecified atom stereocenters. The molecule has 0 aliphatic heterocycles. The average molecular weight is 181 g/mol. The van der Waals surface area contributed by atoms with Gasteiger partial charge in [-0.05, 0) is 27.7 Å². The number of hydrogen-bond donors (Lipinski definition) is 0. The Hall–Kier alpha value is -1.30. The molecule has 0 atom stereocenters. The lowest BCUT2D eigenvalue weighted by Gasteiger charge is -2.19. The van der Waals surface area contributed by atoms with Crippen LogP contribution in [0.15, 0.2) is 11.6 Å². The van der Waals surface area contributed by atoms with E-state index in [0.29, 0.717) is 0 Å². The van der Waals surface area contributed by atoms with E-state index in [1.54, 1.807) is 6.92 Å². The number of carbonyl (C=O) groups is 1. The van der Waals surface area contributed by atoms with Gasteiger partial charge in [-0.3, -0.25) is 4.79 Å². The molecule has 0 aromatic rings. The van der Waals surface area contributed by atoms with Gasteiger partial charge >= 0.3 is 5.97 Å². The highest BCUT2D eigenvalue weighted by molar-refractivity contribution is 5.72. The van der Waals surface area contributed by atoms with Gasteiger partial charge in [-0.25, -0.2) is 0 Å². The van der Waals surface area contributed by atoms with Crippen LogP contribution in [0.2, 0.25) is 0 Å². The van der Waals surface area contributed by atoms with Gasteiger partial charge in [-0.1, -0.05) is 5.57 Å². The van der Waals surface area contributed by atoms with E-state index < -0.39 is 5.60 Å². The van der Waals surface area contributed by atoms with Crippen LogP contribution in [-0.2, 0) is 9.53 Å². The fraction of sp³-hybridized carbons (Fsp3) is 0.600. The van der Waals surface area contributed by atoms with Gasteiger partial charge in [0, 0.05) is 6.08 Å². The zero-order chi connectivity index (χ0) is 10.5. The highest BCUT2D eigenvalue weighted by atomic mass is 16.6. The van der Waals surface area contributed by atoms with Gasteiger partial charge in [0.1, 0.15) is 5.60 Å². The van der Waals surface area contributed by atoms with Gasteiger partial charge in [0.2, 0.25) is 0 Å². The second-order valence-electron chi connectivity index (χ2n) is 3.88. The smallest absolute Gasteiger partial charge is 0.310 e. The summed E-state index contributed by atoms with van der Waals surface area (Å²) >= 11 is 0. The molecule has 13 heavy (non-hydrogen) atoms. The standard InChI is InChI=1S/C10H15NO2/c1-8(5-6-11)7-9(12)13-10(2,3)4/h5H,7H2,1-4H3/b8-5+. The third-order valence-electron chi connectivity index (χ3n) is 1.15. The molecule has 0 saturated heterocycles. The Morgan fingerprint density at radius 2 is 2.08 bits per heavy atom. The van der Waals surface area contributed by atoms with Crippen molar-refractivity contribution in [1.29, 1.82) is 5.26 Å². The minimum Gasteiger partial charge on any atom is -0.460 e. The van der Waals surface area contributed by atoms with Crippen LogP contribution in [0, 0.1) is 11.3 Å². The van der Waals surface area contributed by atoms with E-state index in [2.05, 4.69) is 0 Å². The Morgan fingerprint density at radius 3 is 2.46 bits per heavy atom. The van der Waals surface area contributed by atoms with Crippen molar-refractivity contribution in [1.82, 2.24) is 0 Å². The van der Waals surface area contributed by atoms with Crippen molar-refractivity contribution in [2.45, 2.75) is 39.7 Å². The molecular formula is C10H15NO2. The maximum absolute atomic E-state index is 11.2. The molecule has 0 amide bonds. The SMILES string of the molecule is C/C(=C\C#N)CC(=O)OC(C)(C)C. The molecule has 0 rings (SSSR count). The summed E-state index contributed by atoms with van der Waals surface area (Å²) in [4.78, 5) is 11.2. The van der Waals surface area contributed by atoms with Gasteiger partial charge in [-0.15, -0.1) is 0 Å². The Labute approximate surface area is 79.0 Å². The van der Waals surface area contributed by atoms with Gasteiger partial charge in [-0.2, -0.15) is 5.26 Å². The second-order valence-corrected chi connectivity index (χ2v) is 3.88. The van der Waals surface area contributed by atoms with Crippen molar-refractivity contribution in [2.24, 2.45) is 0 Å². The molecule has 0 fully saturated rings. The number of rotatable bonds is 2. The zero-order valence-corrected chi connectivity index (χ0v) is 8.55. The van der Waals surface area contributed by atoms with Gasteiger partial charge in [0.05, 0.1) is 12.5 Å². The first-order chi connectivity index (χ1) is 5.85. The van der Waals surface area contributed by atoms with Crippen molar-refractivity contribution in [3.8, 4) is 6.07 Å². The summed E-state index contributed by atoms with van der Waals surface area (Å²) in [7, 11) is 0. The summed E-state index contributed by atoms with van der Waals surface area (Å²) in [5, 5.41) is 8.30. The number of esters is 1. The minimum atomic E-state index is -0.454. The molecule has 0 N–H and O–H groups in total. The molecule has 0 bridgehead atoms. The molecule has 3 nitrogen and oxygen atoms in total. The van der Waals surface area contributed by atoms with Crippen molar-refractivity contribution in [3.63, 3.8) is 0 Å². The topological polar surface area (TPSA) is 50.1 Å². The summed E-state index contributed by atoms with van der Waals surface area (Å²) in [6.07, 6.45) is 1.54. The van der Waals surface area contributed by atoms with Crippen LogP contribution in [0.1, 0.15) is 34.1 Å². The zero-order valence-electron chi connectivity index (χ0n) is 8.55. The highest BCUT2D eigenvalue weighted by Gasteiger charge is 2.15. The second kappa shape index (κ2) is 4.66. The largest absolute Gasteiger partial charge is 0.460 e. The van der Waals surface area contributed by atoms with Crippen molar-refractivity contribution in [2.75, 3.05) is 0 Å². The molecule has 72 valence electrons. The fourth-order valence-corrected chi connectivity index (χ4v) is 0.766. The average Bonchev–Trinajstić information content (AvgIpc) is 1.81. The lowest BCUT2D eigenvalue weighted by atomic mass is 10.1. The van der Waals surface area contributed by atoms with Crippen molar-refractivity contribution < 1.29 is 9.53 Å². The number of ether oxygens (including phenoxy) is 1. The van der Waals surface area contributed by atoms with E-state index in [1.165, 1.54) is 6.08 Å². The number of allylic oxidation sites excluding steroid dienone is 1. The summed E-state index contributed by atoms with van der Waals surface area (Å²) in [6, 6.07) is 1.87. The number of nitriles is 1. The van der Waals surface area contributed by atoms with Crippen LogP contribution in [0.25, 0.3) is 0 Å². The fourth-order valence-electron chi connectivity index (χ4n) is 0.766. The molecule has 0 aromatic carbocycles. The molecule has 0 aromatic heterocycles. The Balaban J connectivity index is 4.05. The van der Waals surface area contributed by atoms with Gasteiger partial charge in [0.25, 0.3) is 0 Å². The third-order valence-corrected chi connectivity index (χ3v) is 1.15. The monoisotopic (exact) mass is 181 g/mol. The van der Waals surface area contributed by atoms with Crippen LogP contribution in [0.5, 0.6) is 0 Å². The first kappa shape index (κ1) is 11.7. The minimum absolute atomic E-state index is 0.185. The van der Waals surface area contributed by atoms with E-state index in [1.807, 2.05) is 26.8 Å². The maximum atomic E-state index is 11.2. The van der Waals surface area contributed by atoms with E-state index in [9.17, 15) is 4.79 Å². The van der Waals surface area contributed by atoms with Gasteiger partial charge in [0.15, 0.2) is 0 Å². The summed E-state index contributed by atoms with van der Waals surface area (Å²) < 4.78 is 5.07. The molecule has 0 saturated carbocycles. The molecule has 3 heteroatoms. The number of carbonyl (C=O) groups excluding carboxylic acids is 1. The first-order valence-corrected chi connectivity index (χ1v) is 4.12. The van der Waals surface area contributed by atoms with Crippen LogP contribution in [-0.4, -0.2) is 11.6 Å². The lowest BCUT2D eigenvalue weighted by Crippen LogP contribution is -2.23. The molecule has 0 heterocycles. The van der Waals surface area contributed by atoms with Crippen LogP contribution < -0.4 is 0 Å². The van der Waals surface area contributed by atoms with E-state index >= 15 is 0 Å². The predicted molar refractivity (Wildman–Crippen MR) is 49.8 cm³/mol. The highest BCUT2D eigenvalue weighted by Crippen LogP contribution is 2.10. The number of nitrogens with zero attached hydrogens (tertiary/aromatic N) is 1. The number of hydrogen-bond acceptors (Lipinski definition) is 3. The Bertz CT molecular complexity index is 253. The van der Waals surface area contributed by atoms with Crippen LogP contribution >= 0.6 is 0 Å². The Kier molecular flexibility index (Phi) is 4.19. The van der Waals surface area contributed by atoms with Crippen molar-refractivity contribution in [3.05, 3.63) is 11.6 Å². The summed E-state index contributed by atoms with van der Waals surface area (Å²) in [5.74, 6) is -0.295. The maximum Gasteiger partial charge on any atom is 0.310 e. The van der Waals surface area contributed by atoms with Crippen molar-refractivity contribution >= 4 is 5.97 Å². The molecule has 0 spiro atoms. The van der Waals surface area contributed by atoms with Gasteiger partial charge < -0.3 is 4.74 Å². The molecule has 0 aliphatic carbocycles. The lowest BCUT2D eigenvalue weighted by molar-refractivity contribution is -0.153.